The zero-order valence-electron chi connectivity index (χ0n) is 12.8. The second-order valence-electron chi connectivity index (χ2n) is 6.67. The number of ether oxygens (including phenoxy) is 2. The molecule has 0 saturated heterocycles. The molecule has 0 amide bonds. The smallest absolute Gasteiger partial charge is 0.0497 e. The van der Waals surface area contributed by atoms with Gasteiger partial charge in [-0.25, -0.2) is 0 Å². The van der Waals surface area contributed by atoms with E-state index >= 15 is 0 Å². The van der Waals surface area contributed by atoms with Gasteiger partial charge in [0.05, 0.1) is 0 Å². The SMILES string of the molecule is CC(C)COC[C@H]1CCCC[C@H]1COCC(C)C. The summed E-state index contributed by atoms with van der Waals surface area (Å²) in [5.41, 5.74) is 0. The minimum absolute atomic E-state index is 0.643. The fourth-order valence-electron chi connectivity index (χ4n) is 2.63. The molecule has 0 spiro atoms. The predicted octanol–water partition coefficient (Wildman–Crippen LogP) is 4.14. The van der Waals surface area contributed by atoms with E-state index in [1.807, 2.05) is 0 Å². The molecule has 0 aromatic rings. The van der Waals surface area contributed by atoms with Crippen LogP contribution < -0.4 is 0 Å². The Morgan fingerprint density at radius 2 is 1.17 bits per heavy atom. The van der Waals surface area contributed by atoms with Gasteiger partial charge in [-0.1, -0.05) is 40.5 Å². The molecule has 0 heterocycles. The molecule has 0 N–H and O–H groups in total. The van der Waals surface area contributed by atoms with Gasteiger partial charge in [-0.15, -0.1) is 0 Å². The third-order valence-electron chi connectivity index (χ3n) is 3.63. The zero-order valence-corrected chi connectivity index (χ0v) is 12.8. The normalized spacial score (nSPS) is 25.0. The van der Waals surface area contributed by atoms with E-state index in [0.29, 0.717) is 11.8 Å². The summed E-state index contributed by atoms with van der Waals surface area (Å²) in [5, 5.41) is 0. The minimum atomic E-state index is 0.643. The van der Waals surface area contributed by atoms with E-state index in [9.17, 15) is 0 Å². The first-order valence-electron chi connectivity index (χ1n) is 7.75. The van der Waals surface area contributed by atoms with E-state index < -0.39 is 0 Å². The number of hydrogen-bond donors (Lipinski definition) is 0. The highest BCUT2D eigenvalue weighted by Crippen LogP contribution is 2.30. The molecule has 1 aliphatic rings. The van der Waals surface area contributed by atoms with Crippen LogP contribution in [0.25, 0.3) is 0 Å². The summed E-state index contributed by atoms with van der Waals surface area (Å²) in [6.45, 7) is 12.5. The predicted molar refractivity (Wildman–Crippen MR) is 76.8 cm³/mol. The highest BCUT2D eigenvalue weighted by Gasteiger charge is 2.25. The Hall–Kier alpha value is -0.0800. The number of hydrogen-bond acceptors (Lipinski definition) is 2. The van der Waals surface area contributed by atoms with Gasteiger partial charge in [0, 0.05) is 26.4 Å². The molecule has 0 radical (unpaired) electrons. The molecular weight excluding hydrogens is 224 g/mol. The maximum Gasteiger partial charge on any atom is 0.0497 e. The monoisotopic (exact) mass is 256 g/mol. The Kier molecular flexibility index (Phi) is 7.92. The molecule has 0 aliphatic heterocycles. The van der Waals surface area contributed by atoms with Crippen LogP contribution in [0.15, 0.2) is 0 Å². The maximum atomic E-state index is 5.84. The second-order valence-corrected chi connectivity index (χ2v) is 6.67. The Morgan fingerprint density at radius 3 is 1.50 bits per heavy atom. The van der Waals surface area contributed by atoms with Crippen molar-refractivity contribution in [2.75, 3.05) is 26.4 Å². The average Bonchev–Trinajstić information content (AvgIpc) is 2.30. The molecule has 2 heteroatoms. The van der Waals surface area contributed by atoms with Crippen LogP contribution in [0, 0.1) is 23.7 Å². The van der Waals surface area contributed by atoms with Crippen molar-refractivity contribution in [1.82, 2.24) is 0 Å². The van der Waals surface area contributed by atoms with Gasteiger partial charge in [0.1, 0.15) is 0 Å². The lowest BCUT2D eigenvalue weighted by molar-refractivity contribution is 0.00248. The summed E-state index contributed by atoms with van der Waals surface area (Å²) in [5.74, 6) is 2.74. The third kappa shape index (κ3) is 6.75. The van der Waals surface area contributed by atoms with Crippen LogP contribution in [0.2, 0.25) is 0 Å². The highest BCUT2D eigenvalue weighted by molar-refractivity contribution is 4.75. The zero-order chi connectivity index (χ0) is 13.4. The molecule has 1 saturated carbocycles. The first kappa shape index (κ1) is 16.0. The van der Waals surface area contributed by atoms with Gasteiger partial charge in [0.15, 0.2) is 0 Å². The topological polar surface area (TPSA) is 18.5 Å². The van der Waals surface area contributed by atoms with Crippen LogP contribution in [0.5, 0.6) is 0 Å². The van der Waals surface area contributed by atoms with Crippen molar-refractivity contribution in [2.45, 2.75) is 53.4 Å². The first-order chi connectivity index (χ1) is 8.59. The lowest BCUT2D eigenvalue weighted by atomic mass is 9.80. The first-order valence-corrected chi connectivity index (χ1v) is 7.75. The molecular formula is C16H32O2. The van der Waals surface area contributed by atoms with Crippen molar-refractivity contribution in [3.8, 4) is 0 Å². The van der Waals surface area contributed by atoms with Gasteiger partial charge >= 0.3 is 0 Å². The molecule has 18 heavy (non-hydrogen) atoms. The Bertz CT molecular complexity index is 179. The van der Waals surface area contributed by atoms with Crippen molar-refractivity contribution in [2.24, 2.45) is 23.7 Å². The average molecular weight is 256 g/mol. The quantitative estimate of drug-likeness (QED) is 0.650. The summed E-state index contributed by atoms with van der Waals surface area (Å²) in [4.78, 5) is 0. The van der Waals surface area contributed by atoms with Crippen LogP contribution in [-0.4, -0.2) is 26.4 Å². The Morgan fingerprint density at radius 1 is 0.778 bits per heavy atom. The van der Waals surface area contributed by atoms with Crippen molar-refractivity contribution in [1.29, 1.82) is 0 Å². The Balaban J connectivity index is 2.23. The largest absolute Gasteiger partial charge is 0.381 e. The fourth-order valence-corrected chi connectivity index (χ4v) is 2.63. The molecule has 1 fully saturated rings. The molecule has 108 valence electrons. The van der Waals surface area contributed by atoms with Crippen LogP contribution in [0.4, 0.5) is 0 Å². The Labute approximate surface area is 113 Å². The van der Waals surface area contributed by atoms with E-state index in [2.05, 4.69) is 27.7 Å². The fraction of sp³-hybridized carbons (Fsp3) is 1.00. The summed E-state index contributed by atoms with van der Waals surface area (Å²) >= 11 is 0. The third-order valence-corrected chi connectivity index (χ3v) is 3.63. The van der Waals surface area contributed by atoms with Gasteiger partial charge in [-0.05, 0) is 36.5 Å². The molecule has 0 aromatic heterocycles. The van der Waals surface area contributed by atoms with Gasteiger partial charge in [0.2, 0.25) is 0 Å². The standard InChI is InChI=1S/C16H32O2/c1-13(2)9-17-11-15-7-5-6-8-16(15)12-18-10-14(3)4/h13-16H,5-12H2,1-4H3/t15-,16+. The highest BCUT2D eigenvalue weighted by atomic mass is 16.5. The van der Waals surface area contributed by atoms with Crippen LogP contribution >= 0.6 is 0 Å². The molecule has 1 aliphatic carbocycles. The summed E-state index contributed by atoms with van der Waals surface area (Å²) in [6.07, 6.45) is 5.40. The lowest BCUT2D eigenvalue weighted by Gasteiger charge is -2.31. The van der Waals surface area contributed by atoms with Gasteiger partial charge < -0.3 is 9.47 Å². The molecule has 0 aromatic carbocycles. The molecule has 1 rings (SSSR count). The van der Waals surface area contributed by atoms with Gasteiger partial charge in [-0.3, -0.25) is 0 Å². The van der Waals surface area contributed by atoms with Crippen LogP contribution in [-0.2, 0) is 9.47 Å². The maximum absolute atomic E-state index is 5.84. The van der Waals surface area contributed by atoms with Crippen LogP contribution in [0.1, 0.15) is 53.4 Å². The van der Waals surface area contributed by atoms with Crippen LogP contribution in [0.3, 0.4) is 0 Å². The lowest BCUT2D eigenvalue weighted by Crippen LogP contribution is -2.28. The second kappa shape index (κ2) is 8.92. The van der Waals surface area contributed by atoms with E-state index in [1.165, 1.54) is 25.7 Å². The van der Waals surface area contributed by atoms with E-state index in [0.717, 1.165) is 38.3 Å². The van der Waals surface area contributed by atoms with E-state index in [4.69, 9.17) is 9.47 Å². The van der Waals surface area contributed by atoms with Crippen molar-refractivity contribution < 1.29 is 9.47 Å². The molecule has 2 atom stereocenters. The molecule has 0 bridgehead atoms. The van der Waals surface area contributed by atoms with Gasteiger partial charge in [-0.2, -0.15) is 0 Å². The molecule has 2 nitrogen and oxygen atoms in total. The molecule has 0 unspecified atom stereocenters. The van der Waals surface area contributed by atoms with Crippen molar-refractivity contribution in [3.05, 3.63) is 0 Å². The van der Waals surface area contributed by atoms with Crippen molar-refractivity contribution in [3.63, 3.8) is 0 Å². The number of rotatable bonds is 8. The van der Waals surface area contributed by atoms with E-state index in [-0.39, 0.29) is 0 Å². The minimum Gasteiger partial charge on any atom is -0.381 e. The summed E-state index contributed by atoms with van der Waals surface area (Å²) in [7, 11) is 0. The summed E-state index contributed by atoms with van der Waals surface area (Å²) < 4.78 is 11.7. The van der Waals surface area contributed by atoms with E-state index in [1.54, 1.807) is 0 Å². The van der Waals surface area contributed by atoms with Crippen molar-refractivity contribution >= 4 is 0 Å². The van der Waals surface area contributed by atoms with Gasteiger partial charge in [0.25, 0.3) is 0 Å². The summed E-state index contributed by atoms with van der Waals surface area (Å²) in [6, 6.07) is 0.